The van der Waals surface area contributed by atoms with Gasteiger partial charge in [0.1, 0.15) is 12.4 Å². The fourth-order valence-electron chi connectivity index (χ4n) is 7.46. The molecule has 0 atom stereocenters. The Kier molecular flexibility index (Phi) is 11.3. The third kappa shape index (κ3) is 6.81. The van der Waals surface area contributed by atoms with E-state index in [9.17, 15) is 5.11 Å². The number of ether oxygens (including phenoxy) is 5. The number of halogens is 1. The SMILES string of the molecule is COCCN1C(=CC=C2CCCC(C=CC3=[N+](CCOC)c4cc(OC)c(OC)cc4C3(C)C)=C2Cl)C(C)(C)c2cc(CO)c(OC)cc21. The van der Waals surface area contributed by atoms with E-state index in [1.165, 1.54) is 11.3 Å². The van der Waals surface area contributed by atoms with Crippen LogP contribution in [0.15, 0.2) is 70.4 Å². The summed E-state index contributed by atoms with van der Waals surface area (Å²) in [6, 6.07) is 8.26. The number of hydrogen-bond acceptors (Lipinski definition) is 7. The zero-order valence-corrected chi connectivity index (χ0v) is 31.3. The lowest BCUT2D eigenvalue weighted by Crippen LogP contribution is -2.29. The number of anilines is 1. The number of aliphatic hydroxyl groups is 1. The van der Waals surface area contributed by atoms with E-state index in [0.717, 1.165) is 69.4 Å². The van der Waals surface area contributed by atoms with Crippen molar-refractivity contribution in [2.45, 2.75) is 64.4 Å². The molecule has 2 heterocycles. The minimum atomic E-state index is -0.305. The van der Waals surface area contributed by atoms with Crippen molar-refractivity contribution in [3.8, 4) is 17.2 Å². The Morgan fingerprint density at radius 1 is 0.816 bits per heavy atom. The quantitative estimate of drug-likeness (QED) is 0.216. The summed E-state index contributed by atoms with van der Waals surface area (Å²) >= 11 is 7.22. The van der Waals surface area contributed by atoms with Crippen LogP contribution in [0.5, 0.6) is 17.2 Å². The van der Waals surface area contributed by atoms with Crippen molar-refractivity contribution in [3.05, 3.63) is 87.1 Å². The van der Waals surface area contributed by atoms with Gasteiger partial charge in [-0.1, -0.05) is 37.6 Å². The summed E-state index contributed by atoms with van der Waals surface area (Å²) in [7, 11) is 8.43. The molecule has 2 aliphatic heterocycles. The van der Waals surface area contributed by atoms with Gasteiger partial charge in [0.05, 0.1) is 46.0 Å². The second-order valence-corrected chi connectivity index (χ2v) is 14.1. The zero-order valence-electron chi connectivity index (χ0n) is 30.5. The minimum Gasteiger partial charge on any atom is -0.496 e. The van der Waals surface area contributed by atoms with Gasteiger partial charge in [0.15, 0.2) is 23.8 Å². The predicted molar refractivity (Wildman–Crippen MR) is 197 cm³/mol. The minimum absolute atomic E-state index is 0.0840. The van der Waals surface area contributed by atoms with Gasteiger partial charge in [0.25, 0.3) is 0 Å². The maximum absolute atomic E-state index is 10.1. The normalized spacial score (nSPS) is 19.8. The smallest absolute Gasteiger partial charge is 0.213 e. The van der Waals surface area contributed by atoms with Crippen LogP contribution in [-0.4, -0.2) is 77.2 Å². The summed E-state index contributed by atoms with van der Waals surface area (Å²) < 4.78 is 30.3. The monoisotopic (exact) mass is 691 g/mol. The molecular formula is C40H52ClN2O6+. The number of nitrogens with zero attached hydrogens (tertiary/aromatic N) is 2. The number of allylic oxidation sites excluding steroid dienone is 8. The second-order valence-electron chi connectivity index (χ2n) is 13.8. The highest BCUT2D eigenvalue weighted by molar-refractivity contribution is 6.32. The van der Waals surface area contributed by atoms with Gasteiger partial charge in [0, 0.05) is 65.9 Å². The van der Waals surface area contributed by atoms with E-state index in [1.807, 2.05) is 6.07 Å². The zero-order chi connectivity index (χ0) is 35.5. The standard InChI is InChI=1S/C40H52ClN2O6/c1-39(2)29-21-28(25-44)33(47-7)23-31(29)42(17-19-45-5)36(39)15-13-26-11-10-12-27(38(26)41)14-16-37-40(3,4)30-22-34(48-8)35(49-9)24-32(30)43(37)18-20-46-6/h13-16,21-24,44H,10-12,17-20,25H2,1-9H3/q+1. The molecule has 0 aromatic heterocycles. The van der Waals surface area contributed by atoms with Crippen LogP contribution in [0.25, 0.3) is 0 Å². The Balaban J connectivity index is 1.53. The number of benzene rings is 2. The van der Waals surface area contributed by atoms with Crippen LogP contribution < -0.4 is 19.1 Å². The first-order valence-electron chi connectivity index (χ1n) is 17.0. The van der Waals surface area contributed by atoms with Crippen LogP contribution in [0.3, 0.4) is 0 Å². The molecule has 0 unspecified atom stereocenters. The molecule has 0 bridgehead atoms. The second kappa shape index (κ2) is 15.1. The van der Waals surface area contributed by atoms with E-state index < -0.39 is 0 Å². The van der Waals surface area contributed by atoms with Crippen molar-refractivity contribution >= 4 is 28.7 Å². The molecular weight excluding hydrogens is 640 g/mol. The van der Waals surface area contributed by atoms with Crippen molar-refractivity contribution in [1.29, 1.82) is 0 Å². The molecule has 5 rings (SSSR count). The van der Waals surface area contributed by atoms with Crippen LogP contribution in [0.2, 0.25) is 0 Å². The molecule has 1 N–H and O–H groups in total. The lowest BCUT2D eigenvalue weighted by Gasteiger charge is -2.27. The van der Waals surface area contributed by atoms with Crippen LogP contribution in [-0.2, 0) is 26.9 Å². The van der Waals surface area contributed by atoms with Crippen LogP contribution >= 0.6 is 11.6 Å². The maximum atomic E-state index is 10.1. The Labute approximate surface area is 296 Å². The fraction of sp³-hybridized carbons (Fsp3) is 0.475. The number of fused-ring (bicyclic) bond motifs is 2. The Bertz CT molecular complexity index is 1730. The van der Waals surface area contributed by atoms with Crippen LogP contribution in [0, 0.1) is 0 Å². The van der Waals surface area contributed by atoms with Crippen molar-refractivity contribution < 1.29 is 33.4 Å². The predicted octanol–water partition coefficient (Wildman–Crippen LogP) is 7.71. The third-order valence-corrected chi connectivity index (χ3v) is 10.7. The molecule has 3 aliphatic rings. The van der Waals surface area contributed by atoms with Gasteiger partial charge in [0.2, 0.25) is 5.69 Å². The Hall–Kier alpha value is -3.56. The first kappa shape index (κ1) is 36.7. The summed E-state index contributed by atoms with van der Waals surface area (Å²) in [6.07, 6.45) is 11.6. The summed E-state index contributed by atoms with van der Waals surface area (Å²) in [4.78, 5) is 2.30. The van der Waals surface area contributed by atoms with Gasteiger partial charge in [-0.15, -0.1) is 0 Å². The molecule has 264 valence electrons. The molecule has 0 saturated heterocycles. The summed E-state index contributed by atoms with van der Waals surface area (Å²) in [5.41, 5.74) is 9.25. The molecule has 0 spiro atoms. The number of methoxy groups -OCH3 is 5. The Morgan fingerprint density at radius 3 is 2.16 bits per heavy atom. The van der Waals surface area contributed by atoms with E-state index in [0.29, 0.717) is 37.8 Å². The molecule has 49 heavy (non-hydrogen) atoms. The third-order valence-electron chi connectivity index (χ3n) is 10.2. The molecule has 0 amide bonds. The van der Waals surface area contributed by atoms with E-state index in [2.05, 4.69) is 79.7 Å². The largest absolute Gasteiger partial charge is 0.496 e. The molecule has 0 saturated carbocycles. The van der Waals surface area contributed by atoms with E-state index >= 15 is 0 Å². The summed E-state index contributed by atoms with van der Waals surface area (Å²) in [5.74, 6) is 2.10. The molecule has 9 heteroatoms. The highest BCUT2D eigenvalue weighted by Crippen LogP contribution is 2.50. The Morgan fingerprint density at radius 2 is 1.51 bits per heavy atom. The number of aliphatic hydroxyl groups excluding tert-OH is 1. The maximum Gasteiger partial charge on any atom is 0.213 e. The van der Waals surface area contributed by atoms with E-state index in [4.69, 9.17) is 35.3 Å². The van der Waals surface area contributed by atoms with Crippen molar-refractivity contribution in [1.82, 2.24) is 0 Å². The molecule has 2 aromatic rings. The summed E-state index contributed by atoms with van der Waals surface area (Å²) in [6.45, 7) is 11.4. The average molecular weight is 692 g/mol. The molecule has 1 aliphatic carbocycles. The molecule has 8 nitrogen and oxygen atoms in total. The summed E-state index contributed by atoms with van der Waals surface area (Å²) in [5, 5.41) is 10.9. The highest BCUT2D eigenvalue weighted by Gasteiger charge is 2.45. The number of rotatable bonds is 13. The van der Waals surface area contributed by atoms with Gasteiger partial charge in [-0.3, -0.25) is 0 Å². The molecule has 2 aromatic carbocycles. The van der Waals surface area contributed by atoms with Gasteiger partial charge >= 0.3 is 0 Å². The first-order valence-corrected chi connectivity index (χ1v) is 17.3. The van der Waals surface area contributed by atoms with Crippen LogP contribution in [0.4, 0.5) is 11.4 Å². The van der Waals surface area contributed by atoms with Crippen molar-refractivity contribution in [2.24, 2.45) is 0 Å². The molecule has 0 fully saturated rings. The molecule has 0 radical (unpaired) electrons. The van der Waals surface area contributed by atoms with Gasteiger partial charge in [-0.25, -0.2) is 0 Å². The topological polar surface area (TPSA) is 72.6 Å². The first-order chi connectivity index (χ1) is 23.5. The van der Waals surface area contributed by atoms with E-state index in [1.54, 1.807) is 35.5 Å². The van der Waals surface area contributed by atoms with Crippen molar-refractivity contribution in [3.63, 3.8) is 0 Å². The lowest BCUT2D eigenvalue weighted by molar-refractivity contribution is -0.441. The number of hydrogen-bond donors (Lipinski definition) is 1. The lowest BCUT2D eigenvalue weighted by atomic mass is 9.81. The van der Waals surface area contributed by atoms with Crippen LogP contribution in [0.1, 0.15) is 63.6 Å². The van der Waals surface area contributed by atoms with E-state index in [-0.39, 0.29) is 17.4 Å². The highest BCUT2D eigenvalue weighted by atomic mass is 35.5. The van der Waals surface area contributed by atoms with Crippen molar-refractivity contribution in [2.75, 3.05) is 66.8 Å². The average Bonchev–Trinajstić information content (AvgIpc) is 3.43. The van der Waals surface area contributed by atoms with Gasteiger partial charge in [-0.05, 0) is 68.0 Å². The fourth-order valence-corrected chi connectivity index (χ4v) is 7.78. The van der Waals surface area contributed by atoms with Gasteiger partial charge < -0.3 is 33.7 Å². The van der Waals surface area contributed by atoms with Gasteiger partial charge in [-0.2, -0.15) is 4.58 Å².